The summed E-state index contributed by atoms with van der Waals surface area (Å²) < 4.78 is 16.6. The van der Waals surface area contributed by atoms with Crippen LogP contribution in [0.25, 0.3) is 0 Å². The average Bonchev–Trinajstić information content (AvgIpc) is 3.04. The number of nitrogens with one attached hydrogen (secondary N) is 1. The third-order valence-electron chi connectivity index (χ3n) is 3.57. The predicted octanol–water partition coefficient (Wildman–Crippen LogP) is 2.39. The Hall–Kier alpha value is -2.02. The highest BCUT2D eigenvalue weighted by molar-refractivity contribution is 7.07. The smallest absolute Gasteiger partial charge is 0.267 e. The van der Waals surface area contributed by atoms with Crippen molar-refractivity contribution in [3.63, 3.8) is 0 Å². The Morgan fingerprint density at radius 2 is 2.00 bits per heavy atom. The van der Waals surface area contributed by atoms with Gasteiger partial charge in [-0.2, -0.15) is 0 Å². The van der Waals surface area contributed by atoms with Crippen molar-refractivity contribution in [2.24, 2.45) is 0 Å². The molecule has 0 radical (unpaired) electrons. The van der Waals surface area contributed by atoms with Crippen molar-refractivity contribution in [1.29, 1.82) is 0 Å². The Labute approximate surface area is 125 Å². The number of piperidine rings is 1. The maximum absolute atomic E-state index is 12.9. The van der Waals surface area contributed by atoms with Crippen LogP contribution in [-0.2, 0) is 0 Å². The van der Waals surface area contributed by atoms with Crippen molar-refractivity contribution >= 4 is 23.1 Å². The fraction of sp³-hybridized carbons (Fsp3) is 0.357. The van der Waals surface area contributed by atoms with Crippen molar-refractivity contribution < 1.29 is 9.18 Å². The lowest BCUT2D eigenvalue weighted by Gasteiger charge is -2.32. The summed E-state index contributed by atoms with van der Waals surface area (Å²) in [6.45, 7) is 1.41. The molecule has 1 aromatic carbocycles. The van der Waals surface area contributed by atoms with Crippen molar-refractivity contribution in [3.8, 4) is 0 Å². The molecule has 5 nitrogen and oxygen atoms in total. The molecular weight excluding hydrogens is 291 g/mol. The predicted molar refractivity (Wildman–Crippen MR) is 78.9 cm³/mol. The summed E-state index contributed by atoms with van der Waals surface area (Å²) in [4.78, 5) is 14.6. The molecule has 0 atom stereocenters. The lowest BCUT2D eigenvalue weighted by Crippen LogP contribution is -2.42. The molecule has 0 unspecified atom stereocenters. The van der Waals surface area contributed by atoms with E-state index in [2.05, 4.69) is 14.9 Å². The van der Waals surface area contributed by atoms with Gasteiger partial charge in [-0.1, -0.05) is 4.49 Å². The number of halogens is 1. The van der Waals surface area contributed by atoms with Gasteiger partial charge in [0.15, 0.2) is 0 Å². The van der Waals surface area contributed by atoms with Gasteiger partial charge in [-0.25, -0.2) is 4.39 Å². The van der Waals surface area contributed by atoms with E-state index in [1.807, 2.05) is 4.90 Å². The van der Waals surface area contributed by atoms with Gasteiger partial charge in [0.05, 0.1) is 6.20 Å². The second-order valence-corrected chi connectivity index (χ2v) is 5.79. The number of amides is 1. The molecule has 0 bridgehead atoms. The van der Waals surface area contributed by atoms with Crippen LogP contribution in [0.2, 0.25) is 0 Å². The fourth-order valence-corrected chi connectivity index (χ4v) is 2.91. The minimum Gasteiger partial charge on any atom is -0.382 e. The van der Waals surface area contributed by atoms with E-state index >= 15 is 0 Å². The van der Waals surface area contributed by atoms with Gasteiger partial charge in [0.1, 0.15) is 10.7 Å². The molecule has 110 valence electrons. The Kier molecular flexibility index (Phi) is 4.10. The minimum atomic E-state index is -0.237. The number of anilines is 1. The Morgan fingerprint density at radius 1 is 1.29 bits per heavy atom. The van der Waals surface area contributed by atoms with Crippen LogP contribution in [0.1, 0.15) is 22.5 Å². The quantitative estimate of drug-likeness (QED) is 0.946. The van der Waals surface area contributed by atoms with Crippen molar-refractivity contribution in [2.75, 3.05) is 18.4 Å². The van der Waals surface area contributed by atoms with Crippen LogP contribution in [0.15, 0.2) is 30.5 Å². The molecule has 1 N–H and O–H groups in total. The largest absolute Gasteiger partial charge is 0.382 e. The molecule has 3 rings (SSSR count). The molecule has 1 saturated heterocycles. The van der Waals surface area contributed by atoms with Crippen LogP contribution in [0.4, 0.5) is 10.1 Å². The number of rotatable bonds is 3. The highest BCUT2D eigenvalue weighted by Crippen LogP contribution is 2.19. The summed E-state index contributed by atoms with van der Waals surface area (Å²) in [6.07, 6.45) is 3.25. The zero-order valence-electron chi connectivity index (χ0n) is 11.3. The first kappa shape index (κ1) is 13.9. The lowest BCUT2D eigenvalue weighted by atomic mass is 10.0. The highest BCUT2D eigenvalue weighted by atomic mass is 32.1. The number of nitrogens with zero attached hydrogens (tertiary/aromatic N) is 3. The van der Waals surface area contributed by atoms with E-state index in [1.165, 1.54) is 18.3 Å². The number of aromatic nitrogens is 2. The van der Waals surface area contributed by atoms with Gasteiger partial charge in [-0.05, 0) is 48.6 Å². The Morgan fingerprint density at radius 3 is 2.62 bits per heavy atom. The summed E-state index contributed by atoms with van der Waals surface area (Å²) in [5, 5.41) is 7.07. The topological polar surface area (TPSA) is 58.1 Å². The lowest BCUT2D eigenvalue weighted by molar-refractivity contribution is 0.0723. The van der Waals surface area contributed by atoms with Gasteiger partial charge in [0.25, 0.3) is 5.91 Å². The third-order valence-corrected chi connectivity index (χ3v) is 4.22. The molecule has 1 amide bonds. The van der Waals surface area contributed by atoms with Crippen LogP contribution in [-0.4, -0.2) is 39.5 Å². The summed E-state index contributed by atoms with van der Waals surface area (Å²) in [7, 11) is 0. The Bertz CT molecular complexity index is 594. The normalized spacial score (nSPS) is 16.0. The number of carbonyl (C=O) groups excluding carboxylic acids is 1. The molecule has 0 aliphatic carbocycles. The van der Waals surface area contributed by atoms with Crippen molar-refractivity contribution in [2.45, 2.75) is 18.9 Å². The molecule has 21 heavy (non-hydrogen) atoms. The van der Waals surface area contributed by atoms with Crippen LogP contribution in [0, 0.1) is 5.82 Å². The van der Waals surface area contributed by atoms with Gasteiger partial charge in [0, 0.05) is 24.8 Å². The number of hydrogen-bond donors (Lipinski definition) is 1. The number of likely N-dealkylation sites (tertiary alicyclic amines) is 1. The molecule has 0 spiro atoms. The maximum atomic E-state index is 12.9. The highest BCUT2D eigenvalue weighted by Gasteiger charge is 2.24. The molecule has 1 aromatic heterocycles. The standard InChI is InChI=1S/C14H15FN4OS/c15-10-1-3-11(4-2-10)17-12-5-7-19(8-6-12)14(20)13-9-16-18-21-13/h1-4,9,12,17H,5-8H2. The van der Waals surface area contributed by atoms with Gasteiger partial charge in [-0.3, -0.25) is 4.79 Å². The summed E-state index contributed by atoms with van der Waals surface area (Å²) in [6, 6.07) is 6.65. The second kappa shape index (κ2) is 6.17. The van der Waals surface area contributed by atoms with Gasteiger partial charge < -0.3 is 10.2 Å². The average molecular weight is 306 g/mol. The Balaban J connectivity index is 1.53. The molecule has 0 saturated carbocycles. The van der Waals surface area contributed by atoms with E-state index in [9.17, 15) is 9.18 Å². The molecular formula is C14H15FN4OS. The number of benzene rings is 1. The van der Waals surface area contributed by atoms with E-state index in [4.69, 9.17) is 0 Å². The first-order valence-corrected chi connectivity index (χ1v) is 7.58. The first-order chi connectivity index (χ1) is 10.2. The summed E-state index contributed by atoms with van der Waals surface area (Å²) in [5.74, 6) is -0.232. The van der Waals surface area contributed by atoms with E-state index in [0.29, 0.717) is 24.0 Å². The summed E-state index contributed by atoms with van der Waals surface area (Å²) in [5.41, 5.74) is 0.910. The monoisotopic (exact) mass is 306 g/mol. The molecule has 2 heterocycles. The second-order valence-electron chi connectivity index (χ2n) is 5.00. The van der Waals surface area contributed by atoms with Crippen LogP contribution in [0.3, 0.4) is 0 Å². The fourth-order valence-electron chi connectivity index (χ4n) is 2.43. The SMILES string of the molecule is O=C(c1cnns1)N1CCC(Nc2ccc(F)cc2)CC1. The molecule has 2 aromatic rings. The number of carbonyl (C=O) groups is 1. The van der Waals surface area contributed by atoms with Crippen LogP contribution >= 0.6 is 11.5 Å². The summed E-state index contributed by atoms with van der Waals surface area (Å²) >= 11 is 1.13. The molecule has 7 heteroatoms. The van der Waals surface area contributed by atoms with Gasteiger partial charge in [0.2, 0.25) is 0 Å². The van der Waals surface area contributed by atoms with E-state index in [-0.39, 0.29) is 11.7 Å². The molecule has 1 aliphatic heterocycles. The minimum absolute atomic E-state index is 0.00484. The van der Waals surface area contributed by atoms with Crippen molar-refractivity contribution in [1.82, 2.24) is 14.5 Å². The van der Waals surface area contributed by atoms with Crippen LogP contribution < -0.4 is 5.32 Å². The molecule has 1 aliphatic rings. The van der Waals surface area contributed by atoms with Gasteiger partial charge in [-0.15, -0.1) is 5.10 Å². The van der Waals surface area contributed by atoms with E-state index in [0.717, 1.165) is 30.1 Å². The maximum Gasteiger partial charge on any atom is 0.267 e. The van der Waals surface area contributed by atoms with Crippen LogP contribution in [0.5, 0.6) is 0 Å². The van der Waals surface area contributed by atoms with Crippen molar-refractivity contribution in [3.05, 3.63) is 41.2 Å². The van der Waals surface area contributed by atoms with E-state index < -0.39 is 0 Å². The first-order valence-electron chi connectivity index (χ1n) is 6.81. The molecule has 1 fully saturated rings. The zero-order chi connectivity index (χ0) is 14.7. The zero-order valence-corrected chi connectivity index (χ0v) is 12.1. The number of hydrogen-bond acceptors (Lipinski definition) is 5. The third kappa shape index (κ3) is 3.36. The van der Waals surface area contributed by atoms with Gasteiger partial charge >= 0.3 is 0 Å². The van der Waals surface area contributed by atoms with E-state index in [1.54, 1.807) is 12.1 Å².